The molecular weight excluding hydrogens is 348 g/mol. The summed E-state index contributed by atoms with van der Waals surface area (Å²) in [6.07, 6.45) is 5.00. The van der Waals surface area contributed by atoms with Crippen LogP contribution >= 0.6 is 0 Å². The molecule has 9 heteroatoms. The van der Waals surface area contributed by atoms with Crippen molar-refractivity contribution in [2.24, 2.45) is 25.9 Å². The molecule has 5 heterocycles. The molecule has 27 heavy (non-hydrogen) atoms. The number of amides is 1. The average Bonchev–Trinajstić information content (AvgIpc) is 3.09. The minimum Gasteiger partial charge on any atom is -0.355 e. The molecule has 0 radical (unpaired) electrons. The van der Waals surface area contributed by atoms with Crippen molar-refractivity contribution in [3.8, 4) is 0 Å². The van der Waals surface area contributed by atoms with Gasteiger partial charge in [-0.3, -0.25) is 18.7 Å². The van der Waals surface area contributed by atoms with Crippen LogP contribution in [-0.4, -0.2) is 55.7 Å². The SMILES string of the molecule is Cn1c(=O)c2c(ncn2CC(=O)NCCC2CN3CCC2CC3)n(C)c1=O. The van der Waals surface area contributed by atoms with Gasteiger partial charge in [0.25, 0.3) is 5.56 Å². The van der Waals surface area contributed by atoms with Gasteiger partial charge in [-0.2, -0.15) is 0 Å². The van der Waals surface area contributed by atoms with Gasteiger partial charge < -0.3 is 14.8 Å². The number of rotatable bonds is 5. The number of carbonyl (C=O) groups is 1. The number of fused-ring (bicyclic) bond motifs is 4. The van der Waals surface area contributed by atoms with Gasteiger partial charge in [-0.25, -0.2) is 9.78 Å². The Balaban J connectivity index is 1.40. The van der Waals surface area contributed by atoms with E-state index in [-0.39, 0.29) is 18.0 Å². The summed E-state index contributed by atoms with van der Waals surface area (Å²) in [6.45, 7) is 4.26. The van der Waals surface area contributed by atoms with Crippen LogP contribution in [-0.2, 0) is 25.4 Å². The zero-order chi connectivity index (χ0) is 19.1. The summed E-state index contributed by atoms with van der Waals surface area (Å²) in [6, 6.07) is 0. The smallest absolute Gasteiger partial charge is 0.332 e. The molecule has 2 bridgehead atoms. The van der Waals surface area contributed by atoms with Gasteiger partial charge >= 0.3 is 5.69 Å². The number of aromatic nitrogens is 4. The van der Waals surface area contributed by atoms with Gasteiger partial charge in [-0.15, -0.1) is 0 Å². The molecular formula is C18H26N6O3. The topological polar surface area (TPSA) is 94.2 Å². The molecule has 5 rings (SSSR count). The average molecular weight is 374 g/mol. The molecule has 2 aromatic heterocycles. The minimum absolute atomic E-state index is 0.0180. The number of imidazole rings is 1. The van der Waals surface area contributed by atoms with E-state index < -0.39 is 11.2 Å². The van der Waals surface area contributed by atoms with Gasteiger partial charge in [0.05, 0.1) is 6.33 Å². The Morgan fingerprint density at radius 1 is 1.22 bits per heavy atom. The fraction of sp³-hybridized carbons (Fsp3) is 0.667. The van der Waals surface area contributed by atoms with Crippen molar-refractivity contribution >= 4 is 17.1 Å². The van der Waals surface area contributed by atoms with E-state index in [1.54, 1.807) is 7.05 Å². The first-order chi connectivity index (χ1) is 13.0. The molecule has 3 saturated heterocycles. The third-order valence-corrected chi connectivity index (χ3v) is 6.16. The molecule has 3 aliphatic rings. The van der Waals surface area contributed by atoms with Gasteiger partial charge in [-0.1, -0.05) is 0 Å². The van der Waals surface area contributed by atoms with E-state index in [4.69, 9.17) is 0 Å². The van der Waals surface area contributed by atoms with Crippen LogP contribution in [0.5, 0.6) is 0 Å². The highest BCUT2D eigenvalue weighted by Crippen LogP contribution is 2.33. The van der Waals surface area contributed by atoms with Gasteiger partial charge in [-0.05, 0) is 44.2 Å². The zero-order valence-electron chi connectivity index (χ0n) is 15.8. The highest BCUT2D eigenvalue weighted by Gasteiger charge is 2.33. The molecule has 1 unspecified atom stereocenters. The molecule has 1 atom stereocenters. The molecule has 3 aliphatic heterocycles. The van der Waals surface area contributed by atoms with E-state index in [2.05, 4.69) is 15.2 Å². The number of piperidine rings is 3. The van der Waals surface area contributed by atoms with Crippen LogP contribution in [0.1, 0.15) is 19.3 Å². The largest absolute Gasteiger partial charge is 0.355 e. The quantitative estimate of drug-likeness (QED) is 0.746. The highest BCUT2D eigenvalue weighted by atomic mass is 16.2. The lowest BCUT2D eigenvalue weighted by molar-refractivity contribution is -0.121. The normalized spacial score (nSPS) is 24.4. The number of hydrogen-bond acceptors (Lipinski definition) is 5. The third-order valence-electron chi connectivity index (χ3n) is 6.16. The van der Waals surface area contributed by atoms with Crippen LogP contribution in [0.3, 0.4) is 0 Å². The molecule has 2 aromatic rings. The minimum atomic E-state index is -0.439. The van der Waals surface area contributed by atoms with Crippen molar-refractivity contribution in [1.29, 1.82) is 0 Å². The van der Waals surface area contributed by atoms with Crippen LogP contribution < -0.4 is 16.6 Å². The maximum Gasteiger partial charge on any atom is 0.332 e. The van der Waals surface area contributed by atoms with E-state index in [0.29, 0.717) is 18.1 Å². The monoisotopic (exact) mass is 374 g/mol. The Morgan fingerprint density at radius 2 is 1.96 bits per heavy atom. The maximum absolute atomic E-state index is 12.4. The maximum atomic E-state index is 12.4. The van der Waals surface area contributed by atoms with Crippen LogP contribution in [0.25, 0.3) is 11.2 Å². The fourth-order valence-electron chi connectivity index (χ4n) is 4.54. The molecule has 1 N–H and O–H groups in total. The molecule has 0 spiro atoms. The molecule has 0 aliphatic carbocycles. The standard InChI is InChI=1S/C18H26N6O3/c1-21-16-15(17(26)22(2)18(21)27)24(11-20-16)10-14(25)19-6-3-13-9-23-7-4-12(13)5-8-23/h11-13H,3-10H2,1-2H3,(H,19,25). The van der Waals surface area contributed by atoms with E-state index in [9.17, 15) is 14.4 Å². The van der Waals surface area contributed by atoms with E-state index in [1.807, 2.05) is 0 Å². The van der Waals surface area contributed by atoms with Gasteiger partial charge in [0, 0.05) is 27.2 Å². The molecule has 0 saturated carbocycles. The molecule has 9 nitrogen and oxygen atoms in total. The fourth-order valence-corrected chi connectivity index (χ4v) is 4.54. The third kappa shape index (κ3) is 3.20. The van der Waals surface area contributed by atoms with E-state index in [0.717, 1.165) is 23.5 Å². The van der Waals surface area contributed by atoms with Crippen molar-refractivity contribution < 1.29 is 4.79 Å². The second-order valence-electron chi connectivity index (χ2n) is 7.79. The Hall–Kier alpha value is -2.42. The van der Waals surface area contributed by atoms with Gasteiger partial charge in [0.1, 0.15) is 6.54 Å². The molecule has 146 valence electrons. The summed E-state index contributed by atoms with van der Waals surface area (Å²) >= 11 is 0. The van der Waals surface area contributed by atoms with E-state index >= 15 is 0 Å². The summed E-state index contributed by atoms with van der Waals surface area (Å²) in [4.78, 5) is 43.4. The number of carbonyl (C=O) groups excluding carboxylic acids is 1. The second-order valence-corrected chi connectivity index (χ2v) is 7.79. The summed E-state index contributed by atoms with van der Waals surface area (Å²) in [7, 11) is 2.99. The van der Waals surface area contributed by atoms with Crippen LogP contribution in [0, 0.1) is 11.8 Å². The summed E-state index contributed by atoms with van der Waals surface area (Å²) < 4.78 is 3.87. The molecule has 3 fully saturated rings. The van der Waals surface area contributed by atoms with Gasteiger partial charge in [0.2, 0.25) is 5.91 Å². The highest BCUT2D eigenvalue weighted by molar-refractivity contribution is 5.78. The summed E-state index contributed by atoms with van der Waals surface area (Å²) in [5.41, 5.74) is -0.305. The van der Waals surface area contributed by atoms with Gasteiger partial charge in [0.15, 0.2) is 11.2 Å². The van der Waals surface area contributed by atoms with Crippen molar-refractivity contribution in [2.75, 3.05) is 26.2 Å². The number of aryl methyl sites for hydroxylation is 1. The Morgan fingerprint density at radius 3 is 2.63 bits per heavy atom. The molecule has 1 amide bonds. The lowest BCUT2D eigenvalue weighted by atomic mass is 9.77. The summed E-state index contributed by atoms with van der Waals surface area (Å²) in [5.74, 6) is 1.32. The Kier molecular flexibility index (Phi) is 4.63. The predicted octanol–water partition coefficient (Wildman–Crippen LogP) is -0.718. The molecule has 0 aromatic carbocycles. The Bertz CT molecular complexity index is 979. The van der Waals surface area contributed by atoms with Crippen LogP contribution in [0.15, 0.2) is 15.9 Å². The van der Waals surface area contributed by atoms with Crippen molar-refractivity contribution in [1.82, 2.24) is 28.9 Å². The van der Waals surface area contributed by atoms with Crippen LogP contribution in [0.4, 0.5) is 0 Å². The lowest BCUT2D eigenvalue weighted by Crippen LogP contribution is -2.48. The predicted molar refractivity (Wildman–Crippen MR) is 100 cm³/mol. The first-order valence-corrected chi connectivity index (χ1v) is 9.55. The Labute approximate surface area is 156 Å². The van der Waals surface area contributed by atoms with Crippen molar-refractivity contribution in [2.45, 2.75) is 25.8 Å². The van der Waals surface area contributed by atoms with E-state index in [1.165, 1.54) is 48.4 Å². The zero-order valence-corrected chi connectivity index (χ0v) is 15.8. The number of nitrogens with one attached hydrogen (secondary N) is 1. The number of hydrogen-bond donors (Lipinski definition) is 1. The van der Waals surface area contributed by atoms with Crippen molar-refractivity contribution in [3.63, 3.8) is 0 Å². The first kappa shape index (κ1) is 18.0. The summed E-state index contributed by atoms with van der Waals surface area (Å²) in [5, 5.41) is 2.97. The lowest BCUT2D eigenvalue weighted by Gasteiger charge is -2.45. The second kappa shape index (κ2) is 6.95. The first-order valence-electron chi connectivity index (χ1n) is 9.55. The van der Waals surface area contributed by atoms with Crippen molar-refractivity contribution in [3.05, 3.63) is 27.2 Å². The van der Waals surface area contributed by atoms with Crippen LogP contribution in [0.2, 0.25) is 0 Å². The number of nitrogens with zero attached hydrogens (tertiary/aromatic N) is 5.